The molecule has 1 saturated heterocycles. The highest BCUT2D eigenvalue weighted by Crippen LogP contribution is 2.24. The van der Waals surface area contributed by atoms with E-state index in [1.165, 1.54) is 4.90 Å². The first-order chi connectivity index (χ1) is 8.56. The number of carbonyl (C=O) groups excluding carboxylic acids is 1. The van der Waals surface area contributed by atoms with Crippen LogP contribution < -0.4 is 5.32 Å². The van der Waals surface area contributed by atoms with Crippen molar-refractivity contribution < 1.29 is 19.1 Å². The molecular weight excluding hydrogens is 239 g/mol. The molecule has 0 spiro atoms. The van der Waals surface area contributed by atoms with Gasteiger partial charge in [-0.3, -0.25) is 4.79 Å². The quantitative estimate of drug-likeness (QED) is 0.786. The molecule has 1 aliphatic carbocycles. The SMILES string of the molecule is O=C(O)C1CCC(NC(=O)N2CCC(F)C2)CC1. The van der Waals surface area contributed by atoms with Crippen LogP contribution in [-0.4, -0.2) is 47.3 Å². The highest BCUT2D eigenvalue weighted by Gasteiger charge is 2.30. The van der Waals surface area contributed by atoms with Crippen molar-refractivity contribution in [3.63, 3.8) is 0 Å². The Hall–Kier alpha value is -1.33. The van der Waals surface area contributed by atoms with Crippen LogP contribution in [0.25, 0.3) is 0 Å². The van der Waals surface area contributed by atoms with E-state index in [1.54, 1.807) is 0 Å². The lowest BCUT2D eigenvalue weighted by atomic mass is 9.86. The van der Waals surface area contributed by atoms with Crippen LogP contribution in [0.1, 0.15) is 32.1 Å². The lowest BCUT2D eigenvalue weighted by Gasteiger charge is -2.28. The molecule has 0 aromatic carbocycles. The normalized spacial score (nSPS) is 32.3. The molecule has 1 heterocycles. The Bertz CT molecular complexity index is 329. The molecule has 2 amide bonds. The summed E-state index contributed by atoms with van der Waals surface area (Å²) in [6.45, 7) is 0.647. The molecule has 2 rings (SSSR count). The minimum absolute atomic E-state index is 0.0340. The smallest absolute Gasteiger partial charge is 0.317 e. The van der Waals surface area contributed by atoms with Gasteiger partial charge in [0.1, 0.15) is 6.17 Å². The number of halogens is 1. The lowest BCUT2D eigenvalue weighted by molar-refractivity contribution is -0.142. The molecule has 0 aromatic rings. The van der Waals surface area contributed by atoms with Gasteiger partial charge in [0.05, 0.1) is 12.5 Å². The van der Waals surface area contributed by atoms with Crippen molar-refractivity contribution >= 4 is 12.0 Å². The van der Waals surface area contributed by atoms with Crippen molar-refractivity contribution in [2.24, 2.45) is 5.92 Å². The van der Waals surface area contributed by atoms with Gasteiger partial charge in [0.15, 0.2) is 0 Å². The largest absolute Gasteiger partial charge is 0.481 e. The summed E-state index contributed by atoms with van der Waals surface area (Å²) in [6, 6.07) is -0.180. The van der Waals surface area contributed by atoms with Crippen LogP contribution in [-0.2, 0) is 4.79 Å². The van der Waals surface area contributed by atoms with Gasteiger partial charge in [-0.2, -0.15) is 0 Å². The summed E-state index contributed by atoms with van der Waals surface area (Å²) in [6.07, 6.45) is 2.10. The van der Waals surface area contributed by atoms with Gasteiger partial charge in [-0.1, -0.05) is 0 Å². The summed E-state index contributed by atoms with van der Waals surface area (Å²) < 4.78 is 13.0. The van der Waals surface area contributed by atoms with E-state index in [0.29, 0.717) is 38.6 Å². The summed E-state index contributed by atoms with van der Waals surface area (Å²) in [5.74, 6) is -1.03. The van der Waals surface area contributed by atoms with Gasteiger partial charge in [-0.15, -0.1) is 0 Å². The maximum absolute atomic E-state index is 13.0. The molecule has 1 atom stereocenters. The fraction of sp³-hybridized carbons (Fsp3) is 0.833. The molecule has 2 fully saturated rings. The molecule has 0 bridgehead atoms. The van der Waals surface area contributed by atoms with Crippen LogP contribution in [0.2, 0.25) is 0 Å². The number of hydrogen-bond acceptors (Lipinski definition) is 2. The van der Waals surface area contributed by atoms with E-state index in [4.69, 9.17) is 5.11 Å². The molecule has 1 saturated carbocycles. The van der Waals surface area contributed by atoms with Crippen LogP contribution in [0, 0.1) is 5.92 Å². The Balaban J connectivity index is 1.74. The molecular formula is C12H19FN2O3. The van der Waals surface area contributed by atoms with E-state index in [0.717, 1.165) is 0 Å². The standard InChI is InChI=1S/C12H19FN2O3/c13-9-5-6-15(7-9)12(18)14-10-3-1-8(2-4-10)11(16)17/h8-10H,1-7H2,(H,14,18)(H,16,17). The van der Waals surface area contributed by atoms with Gasteiger partial charge >= 0.3 is 12.0 Å². The van der Waals surface area contributed by atoms with E-state index in [9.17, 15) is 14.0 Å². The van der Waals surface area contributed by atoms with Crippen molar-refractivity contribution in [2.75, 3.05) is 13.1 Å². The summed E-state index contributed by atoms with van der Waals surface area (Å²) in [7, 11) is 0. The zero-order valence-corrected chi connectivity index (χ0v) is 10.3. The molecule has 0 aromatic heterocycles. The molecule has 6 heteroatoms. The number of carbonyl (C=O) groups is 2. The Kier molecular flexibility index (Phi) is 4.04. The van der Waals surface area contributed by atoms with E-state index in [-0.39, 0.29) is 24.5 Å². The Morgan fingerprint density at radius 1 is 1.17 bits per heavy atom. The first-order valence-electron chi connectivity index (χ1n) is 6.48. The number of likely N-dealkylation sites (tertiary alicyclic amines) is 1. The van der Waals surface area contributed by atoms with Crippen LogP contribution in [0.3, 0.4) is 0 Å². The van der Waals surface area contributed by atoms with Crippen molar-refractivity contribution in [3.05, 3.63) is 0 Å². The van der Waals surface area contributed by atoms with Crippen molar-refractivity contribution in [1.29, 1.82) is 0 Å². The fourth-order valence-corrected chi connectivity index (χ4v) is 2.65. The van der Waals surface area contributed by atoms with Gasteiger partial charge in [-0.05, 0) is 32.1 Å². The number of alkyl halides is 1. The molecule has 0 radical (unpaired) electrons. The third kappa shape index (κ3) is 3.11. The zero-order chi connectivity index (χ0) is 13.1. The lowest BCUT2D eigenvalue weighted by Crippen LogP contribution is -2.45. The molecule has 1 aliphatic heterocycles. The van der Waals surface area contributed by atoms with E-state index >= 15 is 0 Å². The maximum atomic E-state index is 13.0. The molecule has 1 unspecified atom stereocenters. The van der Waals surface area contributed by atoms with Crippen molar-refractivity contribution in [1.82, 2.24) is 10.2 Å². The predicted octanol–water partition coefficient (Wildman–Crippen LogP) is 1.38. The molecule has 2 N–H and O–H groups in total. The topological polar surface area (TPSA) is 69.6 Å². The highest BCUT2D eigenvalue weighted by atomic mass is 19.1. The third-order valence-electron chi connectivity index (χ3n) is 3.82. The second-order valence-electron chi connectivity index (χ2n) is 5.17. The van der Waals surface area contributed by atoms with Crippen molar-refractivity contribution in [2.45, 2.75) is 44.3 Å². The van der Waals surface area contributed by atoms with Crippen LogP contribution >= 0.6 is 0 Å². The number of carboxylic acids is 1. The number of amides is 2. The second-order valence-corrected chi connectivity index (χ2v) is 5.17. The predicted molar refractivity (Wildman–Crippen MR) is 63.0 cm³/mol. The third-order valence-corrected chi connectivity index (χ3v) is 3.82. The maximum Gasteiger partial charge on any atom is 0.317 e. The van der Waals surface area contributed by atoms with Gasteiger partial charge in [-0.25, -0.2) is 9.18 Å². The fourth-order valence-electron chi connectivity index (χ4n) is 2.65. The van der Waals surface area contributed by atoms with Crippen LogP contribution in [0.4, 0.5) is 9.18 Å². The second kappa shape index (κ2) is 5.54. The van der Waals surface area contributed by atoms with Crippen molar-refractivity contribution in [3.8, 4) is 0 Å². The number of aliphatic carboxylic acids is 1. The van der Waals surface area contributed by atoms with Gasteiger partial charge < -0.3 is 15.3 Å². The van der Waals surface area contributed by atoms with Crippen LogP contribution in [0.5, 0.6) is 0 Å². The summed E-state index contributed by atoms with van der Waals surface area (Å²) in [4.78, 5) is 24.1. The zero-order valence-electron chi connectivity index (χ0n) is 10.3. The summed E-state index contributed by atoms with van der Waals surface area (Å²) in [5.41, 5.74) is 0. The molecule has 2 aliphatic rings. The number of nitrogens with zero attached hydrogens (tertiary/aromatic N) is 1. The minimum atomic E-state index is -0.904. The number of nitrogens with one attached hydrogen (secondary N) is 1. The van der Waals surface area contributed by atoms with E-state index < -0.39 is 12.1 Å². The Morgan fingerprint density at radius 3 is 2.33 bits per heavy atom. The number of rotatable bonds is 2. The number of urea groups is 1. The van der Waals surface area contributed by atoms with Gasteiger partial charge in [0, 0.05) is 12.6 Å². The van der Waals surface area contributed by atoms with E-state index in [2.05, 4.69) is 5.32 Å². The summed E-state index contributed by atoms with van der Waals surface area (Å²) >= 11 is 0. The Labute approximate surface area is 105 Å². The average Bonchev–Trinajstić information content (AvgIpc) is 2.76. The first-order valence-corrected chi connectivity index (χ1v) is 6.48. The molecule has 18 heavy (non-hydrogen) atoms. The number of carboxylic acid groups (broad SMARTS) is 1. The average molecular weight is 258 g/mol. The molecule has 102 valence electrons. The first kappa shape index (κ1) is 13.1. The van der Waals surface area contributed by atoms with Gasteiger partial charge in [0.2, 0.25) is 0 Å². The van der Waals surface area contributed by atoms with Crippen LogP contribution in [0.15, 0.2) is 0 Å². The molecule has 5 nitrogen and oxygen atoms in total. The monoisotopic (exact) mass is 258 g/mol. The highest BCUT2D eigenvalue weighted by molar-refractivity contribution is 5.75. The summed E-state index contributed by atoms with van der Waals surface area (Å²) in [5, 5.41) is 11.7. The number of hydrogen-bond donors (Lipinski definition) is 2. The van der Waals surface area contributed by atoms with E-state index in [1.807, 2.05) is 0 Å². The minimum Gasteiger partial charge on any atom is -0.481 e. The van der Waals surface area contributed by atoms with Gasteiger partial charge in [0.25, 0.3) is 0 Å². The Morgan fingerprint density at radius 2 is 1.83 bits per heavy atom.